The van der Waals surface area contributed by atoms with Gasteiger partial charge in [-0.3, -0.25) is 19.6 Å². The monoisotopic (exact) mass is 590 g/mol. The number of nitrogens with zero attached hydrogens (tertiary/aromatic N) is 2. The van der Waals surface area contributed by atoms with Crippen molar-refractivity contribution in [1.29, 1.82) is 5.41 Å². The molecule has 0 saturated heterocycles. The van der Waals surface area contributed by atoms with Crippen molar-refractivity contribution in [2.24, 2.45) is 5.73 Å². The Morgan fingerprint density at radius 3 is 2.44 bits per heavy atom. The number of anilines is 1. The van der Waals surface area contributed by atoms with Crippen molar-refractivity contribution in [3.8, 4) is 0 Å². The second-order valence-electron chi connectivity index (χ2n) is 10.7. The molecule has 8 nitrogen and oxygen atoms in total. The molecule has 1 aliphatic carbocycles. The molecule has 1 fully saturated rings. The van der Waals surface area contributed by atoms with Crippen molar-refractivity contribution < 1.29 is 4.79 Å². The first-order valence-electron chi connectivity index (χ1n) is 13.6. The van der Waals surface area contributed by atoms with Gasteiger partial charge in [0.1, 0.15) is 11.9 Å². The van der Waals surface area contributed by atoms with E-state index in [0.717, 1.165) is 41.2 Å². The molecule has 41 heavy (non-hydrogen) atoms. The van der Waals surface area contributed by atoms with Crippen LogP contribution in [0.4, 0.5) is 5.82 Å². The molecule has 6 rings (SSSR count). The Balaban J connectivity index is 0.00000337. The van der Waals surface area contributed by atoms with Crippen LogP contribution in [0.3, 0.4) is 0 Å². The van der Waals surface area contributed by atoms with Crippen molar-refractivity contribution in [2.45, 2.75) is 56.7 Å². The summed E-state index contributed by atoms with van der Waals surface area (Å²) in [5, 5.41) is 16.4. The molecular formula is C31H32Cl2N6O2. The molecular weight excluding hydrogens is 559 g/mol. The number of benzene rings is 3. The van der Waals surface area contributed by atoms with E-state index < -0.39 is 6.04 Å². The topological polar surface area (TPSA) is 126 Å². The van der Waals surface area contributed by atoms with Gasteiger partial charge in [0.25, 0.3) is 5.56 Å². The van der Waals surface area contributed by atoms with Crippen LogP contribution in [0.2, 0.25) is 5.15 Å². The highest BCUT2D eigenvalue weighted by Crippen LogP contribution is 2.41. The van der Waals surface area contributed by atoms with Crippen LogP contribution in [0.25, 0.3) is 10.8 Å². The third kappa shape index (κ3) is 5.80. The van der Waals surface area contributed by atoms with Crippen LogP contribution in [0.5, 0.6) is 0 Å². The van der Waals surface area contributed by atoms with Gasteiger partial charge < -0.3 is 16.4 Å². The van der Waals surface area contributed by atoms with E-state index in [2.05, 4.69) is 45.9 Å². The number of fused-ring (bicyclic) bond motifs is 2. The number of nitrogens with one attached hydrogen (secondary N) is 3. The largest absolute Gasteiger partial charge is 0.384 e. The van der Waals surface area contributed by atoms with Gasteiger partial charge in [-0.05, 0) is 54.0 Å². The maximum absolute atomic E-state index is 13.7. The van der Waals surface area contributed by atoms with Crippen molar-refractivity contribution in [2.75, 3.05) is 5.32 Å². The molecule has 2 aliphatic rings. The number of aromatic nitrogens is 2. The molecule has 10 heteroatoms. The fourth-order valence-corrected chi connectivity index (χ4v) is 6.02. The zero-order valence-corrected chi connectivity index (χ0v) is 24.0. The highest BCUT2D eigenvalue weighted by atomic mass is 35.5. The normalized spacial score (nSPS) is 17.8. The molecule has 1 aromatic heterocycles. The number of rotatable bonds is 8. The Morgan fingerprint density at radius 1 is 1.05 bits per heavy atom. The van der Waals surface area contributed by atoms with E-state index in [-0.39, 0.29) is 52.6 Å². The molecule has 1 aliphatic heterocycles. The minimum atomic E-state index is -0.702. The summed E-state index contributed by atoms with van der Waals surface area (Å²) < 4.78 is 1.57. The van der Waals surface area contributed by atoms with Crippen LogP contribution in [0, 0.1) is 5.41 Å². The summed E-state index contributed by atoms with van der Waals surface area (Å²) in [6.07, 6.45) is 4.17. The second kappa shape index (κ2) is 11.9. The summed E-state index contributed by atoms with van der Waals surface area (Å²) in [4.78, 5) is 31.8. The first kappa shape index (κ1) is 28.6. The first-order valence-corrected chi connectivity index (χ1v) is 14.0. The van der Waals surface area contributed by atoms with E-state index in [9.17, 15) is 9.59 Å². The number of carbonyl (C=O) groups is 1. The van der Waals surface area contributed by atoms with Crippen molar-refractivity contribution in [1.82, 2.24) is 14.9 Å². The van der Waals surface area contributed by atoms with Gasteiger partial charge in [-0.1, -0.05) is 78.3 Å². The average molecular weight is 592 g/mol. The Morgan fingerprint density at radius 2 is 1.76 bits per heavy atom. The van der Waals surface area contributed by atoms with Crippen LogP contribution in [-0.4, -0.2) is 27.3 Å². The Labute approximate surface area is 249 Å². The lowest BCUT2D eigenvalue weighted by Crippen LogP contribution is -2.38. The highest BCUT2D eigenvalue weighted by Gasteiger charge is 2.39. The summed E-state index contributed by atoms with van der Waals surface area (Å²) in [6, 6.07) is 21.2. The Bertz CT molecular complexity index is 1670. The molecule has 0 bridgehead atoms. The molecule has 0 spiro atoms. The number of nitrogen functional groups attached to an aromatic ring is 1. The average Bonchev–Trinajstić information content (AvgIpc) is 3.32. The molecule has 1 amide bonds. The summed E-state index contributed by atoms with van der Waals surface area (Å²) in [5.74, 6) is -0.178. The van der Waals surface area contributed by atoms with E-state index in [1.165, 1.54) is 0 Å². The number of nitrogens with two attached hydrogens (primary N) is 1. The maximum atomic E-state index is 13.7. The summed E-state index contributed by atoms with van der Waals surface area (Å²) in [6.45, 7) is 0.291. The van der Waals surface area contributed by atoms with Crippen molar-refractivity contribution >= 4 is 52.3 Å². The van der Waals surface area contributed by atoms with Crippen molar-refractivity contribution in [3.05, 3.63) is 105 Å². The quantitative estimate of drug-likeness (QED) is 0.163. The van der Waals surface area contributed by atoms with Gasteiger partial charge in [0.15, 0.2) is 11.0 Å². The number of halogens is 2. The van der Waals surface area contributed by atoms with E-state index >= 15 is 0 Å². The lowest BCUT2D eigenvalue weighted by atomic mass is 9.92. The van der Waals surface area contributed by atoms with Gasteiger partial charge in [-0.2, -0.15) is 0 Å². The van der Waals surface area contributed by atoms with E-state index in [0.29, 0.717) is 30.6 Å². The van der Waals surface area contributed by atoms with Gasteiger partial charge in [-0.15, -0.1) is 12.4 Å². The number of carbonyl (C=O) groups excluding carboxylic acids is 1. The highest BCUT2D eigenvalue weighted by molar-refractivity contribution is 6.30. The molecule has 2 heterocycles. The maximum Gasteiger partial charge on any atom is 0.294 e. The van der Waals surface area contributed by atoms with Gasteiger partial charge in [0, 0.05) is 24.1 Å². The van der Waals surface area contributed by atoms with Crippen LogP contribution >= 0.6 is 24.0 Å². The number of hydrogen-bond donors (Lipinski definition) is 4. The summed E-state index contributed by atoms with van der Waals surface area (Å²) >= 11 is 6.76. The predicted octanol–water partition coefficient (Wildman–Crippen LogP) is 5.31. The number of amides is 1. The Kier molecular flexibility index (Phi) is 8.33. The van der Waals surface area contributed by atoms with E-state index in [1.807, 2.05) is 24.3 Å². The third-order valence-corrected chi connectivity index (χ3v) is 8.36. The fraction of sp³-hybridized carbons (Fsp3) is 0.290. The van der Waals surface area contributed by atoms with Gasteiger partial charge >= 0.3 is 0 Å². The zero-order valence-electron chi connectivity index (χ0n) is 22.4. The smallest absolute Gasteiger partial charge is 0.294 e. The lowest BCUT2D eigenvalue weighted by Gasteiger charge is -2.27. The van der Waals surface area contributed by atoms with E-state index in [1.54, 1.807) is 16.7 Å². The second-order valence-corrected chi connectivity index (χ2v) is 11.1. The summed E-state index contributed by atoms with van der Waals surface area (Å²) in [5.41, 5.74) is 8.47. The van der Waals surface area contributed by atoms with Crippen molar-refractivity contribution in [3.63, 3.8) is 0 Å². The van der Waals surface area contributed by atoms with E-state index in [4.69, 9.17) is 22.7 Å². The molecule has 0 radical (unpaired) electrons. The molecule has 212 valence electrons. The SMILES string of the molecule is Cl.N=C(N)c1ccc(CNC(=O)C2CC(Cc3ccc4ccccc4c3)c3c(Cl)nc(NC4CCC4)c(=O)n32)cc1. The van der Waals surface area contributed by atoms with Crippen LogP contribution in [0.15, 0.2) is 71.5 Å². The molecule has 1 saturated carbocycles. The third-order valence-electron chi connectivity index (χ3n) is 8.08. The first-order chi connectivity index (χ1) is 19.4. The van der Waals surface area contributed by atoms with Crippen LogP contribution in [0.1, 0.15) is 60.0 Å². The van der Waals surface area contributed by atoms with Gasteiger partial charge in [0.2, 0.25) is 5.91 Å². The van der Waals surface area contributed by atoms with Gasteiger partial charge in [0.05, 0.1) is 5.69 Å². The minimum Gasteiger partial charge on any atom is -0.384 e. The number of amidine groups is 1. The van der Waals surface area contributed by atoms with Gasteiger partial charge in [-0.25, -0.2) is 4.98 Å². The molecule has 3 aromatic carbocycles. The Hall–Kier alpha value is -3.88. The molecule has 2 atom stereocenters. The molecule has 4 aromatic rings. The standard InChI is InChI=1S/C31H31ClN6O2.ClH/c32-27-26-23(15-19-10-11-20-4-1-2-5-22(20)14-19)16-25(38(26)31(40)29(37-27)36-24-6-3-7-24)30(39)35-17-18-8-12-21(13-9-18)28(33)34;/h1-2,4-5,8-14,23-25H,3,6-7,15-17H2,(H3,33,34)(H,35,39)(H,36,37);1H. The lowest BCUT2D eigenvalue weighted by molar-refractivity contribution is -0.124. The van der Waals surface area contributed by atoms with Crippen LogP contribution < -0.4 is 21.9 Å². The fourth-order valence-electron chi connectivity index (χ4n) is 5.69. The van der Waals surface area contributed by atoms with Crippen LogP contribution in [-0.2, 0) is 17.8 Å². The number of hydrogen-bond acceptors (Lipinski definition) is 5. The zero-order chi connectivity index (χ0) is 27.8. The molecule has 2 unspecified atom stereocenters. The minimum absolute atomic E-state index is 0. The predicted molar refractivity (Wildman–Crippen MR) is 165 cm³/mol. The summed E-state index contributed by atoms with van der Waals surface area (Å²) in [7, 11) is 0. The molecule has 5 N–H and O–H groups in total.